The van der Waals surface area contributed by atoms with Crippen LogP contribution in [0, 0.1) is 0 Å². The maximum Gasteiger partial charge on any atom is 0.253 e. The van der Waals surface area contributed by atoms with Gasteiger partial charge in [-0.3, -0.25) is 4.79 Å². The van der Waals surface area contributed by atoms with Gasteiger partial charge in [0.05, 0.1) is 5.60 Å². The summed E-state index contributed by atoms with van der Waals surface area (Å²) in [6, 6.07) is 15.7. The first-order valence-electron chi connectivity index (χ1n) is 9.18. The quantitative estimate of drug-likeness (QED) is 0.829. The number of likely N-dealkylation sites (tertiary alicyclic amines) is 1. The molecule has 0 saturated carbocycles. The van der Waals surface area contributed by atoms with E-state index in [-0.39, 0.29) is 5.91 Å². The van der Waals surface area contributed by atoms with Gasteiger partial charge in [0, 0.05) is 29.6 Å². The van der Waals surface area contributed by atoms with Gasteiger partial charge in [-0.2, -0.15) is 0 Å². The van der Waals surface area contributed by atoms with Crippen molar-refractivity contribution in [2.45, 2.75) is 44.6 Å². The molecule has 1 aliphatic heterocycles. The Labute approximate surface area is 160 Å². The molecule has 0 bridgehead atoms. The van der Waals surface area contributed by atoms with Gasteiger partial charge >= 0.3 is 0 Å². The first kappa shape index (κ1) is 18.9. The second-order valence-corrected chi connectivity index (χ2v) is 8.17. The maximum absolute atomic E-state index is 12.8. The zero-order valence-corrected chi connectivity index (χ0v) is 16.2. The van der Waals surface area contributed by atoms with Crippen LogP contribution in [0.1, 0.15) is 54.1 Å². The lowest BCUT2D eigenvalue weighted by Crippen LogP contribution is -2.28. The minimum Gasteiger partial charge on any atom is -0.390 e. The van der Waals surface area contributed by atoms with Crippen LogP contribution in [0.5, 0.6) is 0 Å². The zero-order valence-electron chi connectivity index (χ0n) is 15.4. The molecule has 1 fully saturated rings. The summed E-state index contributed by atoms with van der Waals surface area (Å²) in [5.41, 5.74) is 2.32. The van der Waals surface area contributed by atoms with Gasteiger partial charge in [0.2, 0.25) is 0 Å². The second kappa shape index (κ2) is 7.81. The number of hydrogen-bond acceptors (Lipinski definition) is 2. The number of aryl methyl sites for hydroxylation is 1. The van der Waals surface area contributed by atoms with Crippen molar-refractivity contribution in [3.8, 4) is 0 Å². The van der Waals surface area contributed by atoms with Crippen LogP contribution in [0.25, 0.3) is 0 Å². The van der Waals surface area contributed by atoms with Crippen LogP contribution in [0.2, 0.25) is 5.02 Å². The van der Waals surface area contributed by atoms with E-state index in [0.717, 1.165) is 41.1 Å². The molecule has 1 atom stereocenters. The van der Waals surface area contributed by atoms with Crippen LogP contribution in [0.3, 0.4) is 0 Å². The van der Waals surface area contributed by atoms with E-state index in [9.17, 15) is 9.90 Å². The summed E-state index contributed by atoms with van der Waals surface area (Å²) in [6.07, 6.45) is 2.45. The van der Waals surface area contributed by atoms with Gasteiger partial charge < -0.3 is 10.0 Å². The predicted molar refractivity (Wildman–Crippen MR) is 106 cm³/mol. The number of carbonyl (C=O) groups excluding carboxylic acids is 1. The normalized spacial score (nSPS) is 17.5. The van der Waals surface area contributed by atoms with Crippen molar-refractivity contribution in [1.29, 1.82) is 0 Å². The third kappa shape index (κ3) is 4.66. The SMILES string of the molecule is CC(C)(O)CCc1ccc(C(=O)N2CC[C@H](c3ccccc3Cl)C2)cc1. The Bertz CT molecular complexity index is 764. The number of halogens is 1. The zero-order chi connectivity index (χ0) is 18.7. The Balaban J connectivity index is 1.62. The van der Waals surface area contributed by atoms with Crippen molar-refractivity contribution in [3.05, 3.63) is 70.2 Å². The van der Waals surface area contributed by atoms with E-state index in [0.29, 0.717) is 18.9 Å². The Hall–Kier alpha value is -1.84. The highest BCUT2D eigenvalue weighted by Crippen LogP contribution is 2.32. The molecule has 0 aromatic heterocycles. The van der Waals surface area contributed by atoms with Crippen molar-refractivity contribution >= 4 is 17.5 Å². The van der Waals surface area contributed by atoms with Gasteiger partial charge in [0.1, 0.15) is 0 Å². The molecule has 3 rings (SSSR count). The number of carbonyl (C=O) groups is 1. The highest BCUT2D eigenvalue weighted by molar-refractivity contribution is 6.31. The van der Waals surface area contributed by atoms with Crippen LogP contribution in [-0.2, 0) is 6.42 Å². The lowest BCUT2D eigenvalue weighted by molar-refractivity contribution is 0.0713. The topological polar surface area (TPSA) is 40.5 Å². The largest absolute Gasteiger partial charge is 0.390 e. The number of aliphatic hydroxyl groups is 1. The highest BCUT2D eigenvalue weighted by Gasteiger charge is 2.29. The third-order valence-corrected chi connectivity index (χ3v) is 5.39. The van der Waals surface area contributed by atoms with Gasteiger partial charge in [-0.25, -0.2) is 0 Å². The van der Waals surface area contributed by atoms with E-state index in [1.807, 2.05) is 61.2 Å². The van der Waals surface area contributed by atoms with Crippen LogP contribution in [0.4, 0.5) is 0 Å². The Morgan fingerprint density at radius 1 is 1.19 bits per heavy atom. The van der Waals surface area contributed by atoms with Crippen molar-refractivity contribution in [3.63, 3.8) is 0 Å². The summed E-state index contributed by atoms with van der Waals surface area (Å²) in [5.74, 6) is 0.382. The smallest absolute Gasteiger partial charge is 0.253 e. The van der Waals surface area contributed by atoms with E-state index in [1.165, 1.54) is 0 Å². The Morgan fingerprint density at radius 2 is 1.88 bits per heavy atom. The summed E-state index contributed by atoms with van der Waals surface area (Å²) in [4.78, 5) is 14.7. The third-order valence-electron chi connectivity index (χ3n) is 5.05. The molecule has 0 aliphatic carbocycles. The molecular weight excluding hydrogens is 346 g/mol. The summed E-state index contributed by atoms with van der Waals surface area (Å²) in [5, 5.41) is 10.6. The van der Waals surface area contributed by atoms with Gasteiger partial charge in [-0.15, -0.1) is 0 Å². The first-order valence-corrected chi connectivity index (χ1v) is 9.56. The van der Waals surface area contributed by atoms with Crippen molar-refractivity contribution in [2.24, 2.45) is 0 Å². The summed E-state index contributed by atoms with van der Waals surface area (Å²) in [6.45, 7) is 5.10. The molecule has 1 amide bonds. The molecule has 1 saturated heterocycles. The lowest BCUT2D eigenvalue weighted by atomic mass is 9.98. The fraction of sp³-hybridized carbons (Fsp3) is 0.409. The van der Waals surface area contributed by atoms with E-state index < -0.39 is 5.60 Å². The maximum atomic E-state index is 12.8. The monoisotopic (exact) mass is 371 g/mol. The lowest BCUT2D eigenvalue weighted by Gasteiger charge is -2.18. The number of benzene rings is 2. The molecule has 4 heteroatoms. The van der Waals surface area contributed by atoms with Crippen LogP contribution < -0.4 is 0 Å². The molecule has 2 aromatic carbocycles. The van der Waals surface area contributed by atoms with E-state index in [1.54, 1.807) is 0 Å². The summed E-state index contributed by atoms with van der Waals surface area (Å²) >= 11 is 6.31. The molecule has 1 heterocycles. The molecule has 0 spiro atoms. The molecular formula is C22H26ClNO2. The fourth-order valence-corrected chi connectivity index (χ4v) is 3.74. The molecule has 138 valence electrons. The average Bonchev–Trinajstić information content (AvgIpc) is 3.09. The van der Waals surface area contributed by atoms with Gasteiger partial charge in [0.15, 0.2) is 0 Å². The van der Waals surface area contributed by atoms with Crippen LogP contribution in [0.15, 0.2) is 48.5 Å². The molecule has 3 nitrogen and oxygen atoms in total. The second-order valence-electron chi connectivity index (χ2n) is 7.77. The molecule has 0 radical (unpaired) electrons. The first-order chi connectivity index (χ1) is 12.3. The average molecular weight is 372 g/mol. The standard InChI is InChI=1S/C22H26ClNO2/c1-22(2,26)13-11-16-7-9-17(10-8-16)21(25)24-14-12-18(15-24)19-5-3-4-6-20(19)23/h3-10,18,26H,11-15H2,1-2H3/t18-/m0/s1. The fourth-order valence-electron chi connectivity index (χ4n) is 3.45. The van der Waals surface area contributed by atoms with E-state index in [4.69, 9.17) is 11.6 Å². The van der Waals surface area contributed by atoms with Crippen molar-refractivity contribution in [2.75, 3.05) is 13.1 Å². The molecule has 2 aromatic rings. The Kier molecular flexibility index (Phi) is 5.69. The Morgan fingerprint density at radius 3 is 2.54 bits per heavy atom. The van der Waals surface area contributed by atoms with Gasteiger partial charge in [0.25, 0.3) is 5.91 Å². The number of rotatable bonds is 5. The summed E-state index contributed by atoms with van der Waals surface area (Å²) in [7, 11) is 0. The molecule has 1 N–H and O–H groups in total. The number of amides is 1. The number of nitrogens with zero attached hydrogens (tertiary/aromatic N) is 1. The van der Waals surface area contributed by atoms with Crippen LogP contribution >= 0.6 is 11.6 Å². The highest BCUT2D eigenvalue weighted by atomic mass is 35.5. The molecule has 26 heavy (non-hydrogen) atoms. The van der Waals surface area contributed by atoms with E-state index >= 15 is 0 Å². The van der Waals surface area contributed by atoms with Crippen molar-refractivity contribution < 1.29 is 9.90 Å². The summed E-state index contributed by atoms with van der Waals surface area (Å²) < 4.78 is 0. The van der Waals surface area contributed by atoms with Crippen LogP contribution in [-0.4, -0.2) is 34.6 Å². The van der Waals surface area contributed by atoms with Gasteiger partial charge in [-0.05, 0) is 62.4 Å². The van der Waals surface area contributed by atoms with Crippen molar-refractivity contribution in [1.82, 2.24) is 4.90 Å². The van der Waals surface area contributed by atoms with Gasteiger partial charge in [-0.1, -0.05) is 41.9 Å². The molecule has 0 unspecified atom stereocenters. The molecule has 1 aliphatic rings. The predicted octanol–water partition coefficient (Wildman–Crippen LogP) is 4.67. The van der Waals surface area contributed by atoms with E-state index in [2.05, 4.69) is 6.07 Å². The number of hydrogen-bond donors (Lipinski definition) is 1. The minimum absolute atomic E-state index is 0.0774. The minimum atomic E-state index is -0.669.